The first-order valence-corrected chi connectivity index (χ1v) is 8.07. The van der Waals surface area contributed by atoms with E-state index in [-0.39, 0.29) is 6.04 Å². The molecule has 4 nitrogen and oxygen atoms in total. The van der Waals surface area contributed by atoms with E-state index in [1.807, 2.05) is 4.68 Å². The molecule has 0 saturated carbocycles. The smallest absolute Gasteiger partial charge is 0.0834 e. The maximum absolute atomic E-state index is 6.42. The van der Waals surface area contributed by atoms with E-state index >= 15 is 0 Å². The third-order valence-corrected chi connectivity index (χ3v) is 4.14. The molecular weight excluding hydrogens is 274 g/mol. The minimum Gasteiger partial charge on any atom is -0.381 e. The van der Waals surface area contributed by atoms with Gasteiger partial charge in [-0.05, 0) is 39.7 Å². The van der Waals surface area contributed by atoms with Gasteiger partial charge in [0.2, 0.25) is 0 Å². The Morgan fingerprint density at radius 2 is 2.35 bits per heavy atom. The Bertz CT molecular complexity index is 413. The van der Waals surface area contributed by atoms with Crippen LogP contribution in [0.1, 0.15) is 57.8 Å². The molecule has 2 atom stereocenters. The second-order valence-corrected chi connectivity index (χ2v) is 6.23. The van der Waals surface area contributed by atoms with E-state index in [1.54, 1.807) is 6.20 Å². The monoisotopic (exact) mass is 299 g/mol. The lowest BCUT2D eigenvalue weighted by Gasteiger charge is -2.32. The summed E-state index contributed by atoms with van der Waals surface area (Å²) < 4.78 is 7.71. The van der Waals surface area contributed by atoms with Gasteiger partial charge in [-0.1, -0.05) is 18.5 Å². The zero-order valence-electron chi connectivity index (χ0n) is 12.7. The standard InChI is InChI=1S/C15H26ClN3O/c1-4-7-17-14(12-6-5-8-20-10-12)15-13(16)9-18-19(15)11(2)3/h9,11-12,14,17H,4-8,10H2,1-3H3. The van der Waals surface area contributed by atoms with Gasteiger partial charge in [0.1, 0.15) is 0 Å². The van der Waals surface area contributed by atoms with Gasteiger partial charge in [-0.25, -0.2) is 0 Å². The highest BCUT2D eigenvalue weighted by Gasteiger charge is 2.30. The Kier molecular flexibility index (Phi) is 5.87. The van der Waals surface area contributed by atoms with E-state index < -0.39 is 0 Å². The zero-order valence-corrected chi connectivity index (χ0v) is 13.5. The molecule has 1 N–H and O–H groups in total. The molecule has 1 saturated heterocycles. The summed E-state index contributed by atoms with van der Waals surface area (Å²) in [7, 11) is 0. The molecule has 0 radical (unpaired) electrons. The molecule has 5 heteroatoms. The van der Waals surface area contributed by atoms with Gasteiger partial charge in [0.15, 0.2) is 0 Å². The summed E-state index contributed by atoms with van der Waals surface area (Å²) in [5.41, 5.74) is 1.12. The fraction of sp³-hybridized carbons (Fsp3) is 0.800. The molecule has 114 valence electrons. The molecule has 2 heterocycles. The molecule has 0 aliphatic carbocycles. The summed E-state index contributed by atoms with van der Waals surface area (Å²) in [6, 6.07) is 0.542. The number of ether oxygens (including phenoxy) is 1. The van der Waals surface area contributed by atoms with Gasteiger partial charge in [-0.3, -0.25) is 4.68 Å². The van der Waals surface area contributed by atoms with Crippen LogP contribution in [0.5, 0.6) is 0 Å². The molecule has 1 fully saturated rings. The molecule has 1 aromatic heterocycles. The van der Waals surface area contributed by atoms with Crippen molar-refractivity contribution in [3.05, 3.63) is 16.9 Å². The number of nitrogens with one attached hydrogen (secondary N) is 1. The summed E-state index contributed by atoms with van der Waals surface area (Å²) in [6.07, 6.45) is 5.18. The average molecular weight is 300 g/mol. The Hall–Kier alpha value is -0.580. The number of nitrogens with zero attached hydrogens (tertiary/aromatic N) is 2. The average Bonchev–Trinajstić information content (AvgIpc) is 2.83. The van der Waals surface area contributed by atoms with Crippen molar-refractivity contribution >= 4 is 11.6 Å². The molecule has 1 aliphatic heterocycles. The van der Waals surface area contributed by atoms with Gasteiger partial charge >= 0.3 is 0 Å². The third kappa shape index (κ3) is 3.54. The van der Waals surface area contributed by atoms with E-state index in [4.69, 9.17) is 16.3 Å². The van der Waals surface area contributed by atoms with E-state index in [0.717, 1.165) is 43.3 Å². The lowest BCUT2D eigenvalue weighted by atomic mass is 9.91. The minimum absolute atomic E-state index is 0.229. The van der Waals surface area contributed by atoms with Gasteiger partial charge in [-0.15, -0.1) is 0 Å². The molecule has 0 aromatic carbocycles. The second-order valence-electron chi connectivity index (χ2n) is 5.83. The predicted molar refractivity (Wildman–Crippen MR) is 82.2 cm³/mol. The largest absolute Gasteiger partial charge is 0.381 e. The summed E-state index contributed by atoms with van der Waals surface area (Å²) in [6.45, 7) is 9.14. The summed E-state index contributed by atoms with van der Waals surface area (Å²) >= 11 is 6.42. The highest BCUT2D eigenvalue weighted by molar-refractivity contribution is 6.31. The first-order valence-electron chi connectivity index (χ1n) is 7.69. The van der Waals surface area contributed by atoms with Gasteiger partial charge < -0.3 is 10.1 Å². The van der Waals surface area contributed by atoms with Gasteiger partial charge in [0.25, 0.3) is 0 Å². The van der Waals surface area contributed by atoms with Gasteiger partial charge in [-0.2, -0.15) is 5.10 Å². The SMILES string of the molecule is CCCNC(c1c(Cl)cnn1C(C)C)C1CCCOC1. The highest BCUT2D eigenvalue weighted by Crippen LogP contribution is 2.34. The molecular formula is C15H26ClN3O. The van der Waals surface area contributed by atoms with Crippen LogP contribution in [0.2, 0.25) is 5.02 Å². The van der Waals surface area contributed by atoms with E-state index in [9.17, 15) is 0 Å². The van der Waals surface area contributed by atoms with Crippen molar-refractivity contribution in [1.29, 1.82) is 0 Å². The van der Waals surface area contributed by atoms with Crippen LogP contribution in [0.25, 0.3) is 0 Å². The number of rotatable bonds is 6. The van der Waals surface area contributed by atoms with Crippen LogP contribution in [0, 0.1) is 5.92 Å². The molecule has 0 bridgehead atoms. The van der Waals surface area contributed by atoms with Crippen LogP contribution in [0.3, 0.4) is 0 Å². The maximum atomic E-state index is 6.42. The van der Waals surface area contributed by atoms with Crippen molar-refractivity contribution < 1.29 is 4.74 Å². The zero-order chi connectivity index (χ0) is 14.5. The normalized spacial score (nSPS) is 21.4. The molecule has 0 amide bonds. The maximum Gasteiger partial charge on any atom is 0.0834 e. The minimum atomic E-state index is 0.229. The van der Waals surface area contributed by atoms with E-state index in [2.05, 4.69) is 31.2 Å². The summed E-state index contributed by atoms with van der Waals surface area (Å²) in [5, 5.41) is 8.86. The Morgan fingerprint density at radius 1 is 1.55 bits per heavy atom. The van der Waals surface area contributed by atoms with Crippen LogP contribution >= 0.6 is 11.6 Å². The lowest BCUT2D eigenvalue weighted by molar-refractivity contribution is 0.0375. The topological polar surface area (TPSA) is 39.1 Å². The first kappa shape index (κ1) is 15.8. The second kappa shape index (κ2) is 7.43. The van der Waals surface area contributed by atoms with E-state index in [0.29, 0.717) is 12.0 Å². The van der Waals surface area contributed by atoms with Crippen LogP contribution in [-0.4, -0.2) is 29.5 Å². The van der Waals surface area contributed by atoms with Crippen molar-refractivity contribution in [2.24, 2.45) is 5.92 Å². The van der Waals surface area contributed by atoms with Crippen molar-refractivity contribution in [1.82, 2.24) is 15.1 Å². The molecule has 2 unspecified atom stereocenters. The number of halogens is 1. The van der Waals surface area contributed by atoms with Crippen LogP contribution in [0.4, 0.5) is 0 Å². The fourth-order valence-corrected chi connectivity index (χ4v) is 3.12. The van der Waals surface area contributed by atoms with Crippen molar-refractivity contribution in [2.45, 2.75) is 52.1 Å². The third-order valence-electron chi connectivity index (χ3n) is 3.85. The fourth-order valence-electron chi connectivity index (χ4n) is 2.87. The van der Waals surface area contributed by atoms with Crippen LogP contribution < -0.4 is 5.32 Å². The van der Waals surface area contributed by atoms with Crippen LogP contribution in [0.15, 0.2) is 6.20 Å². The van der Waals surface area contributed by atoms with Crippen LogP contribution in [-0.2, 0) is 4.74 Å². The molecule has 2 rings (SSSR count). The number of hydrogen-bond acceptors (Lipinski definition) is 3. The van der Waals surface area contributed by atoms with Gasteiger partial charge in [0, 0.05) is 18.6 Å². The Balaban J connectivity index is 2.27. The van der Waals surface area contributed by atoms with Crippen molar-refractivity contribution in [2.75, 3.05) is 19.8 Å². The quantitative estimate of drug-likeness (QED) is 0.872. The first-order chi connectivity index (χ1) is 9.65. The Labute approximate surface area is 126 Å². The van der Waals surface area contributed by atoms with Gasteiger partial charge in [0.05, 0.1) is 29.6 Å². The van der Waals surface area contributed by atoms with E-state index in [1.165, 1.54) is 6.42 Å². The lowest BCUT2D eigenvalue weighted by Crippen LogP contribution is -2.35. The Morgan fingerprint density at radius 3 is 2.95 bits per heavy atom. The van der Waals surface area contributed by atoms with Crippen molar-refractivity contribution in [3.8, 4) is 0 Å². The molecule has 0 spiro atoms. The number of hydrogen-bond donors (Lipinski definition) is 1. The molecule has 1 aromatic rings. The van der Waals surface area contributed by atoms with Crippen molar-refractivity contribution in [3.63, 3.8) is 0 Å². The molecule has 20 heavy (non-hydrogen) atoms. The summed E-state index contributed by atoms with van der Waals surface area (Å²) in [4.78, 5) is 0. The molecule has 1 aliphatic rings. The highest BCUT2D eigenvalue weighted by atomic mass is 35.5. The number of aromatic nitrogens is 2. The predicted octanol–water partition coefficient (Wildman–Crippen LogP) is 3.58. The summed E-state index contributed by atoms with van der Waals surface area (Å²) in [5.74, 6) is 0.474.